The van der Waals surface area contributed by atoms with Gasteiger partial charge in [0.15, 0.2) is 0 Å². The number of furan rings is 1. The number of fused-ring (bicyclic) bond motifs is 1. The Morgan fingerprint density at radius 3 is 2.29 bits per heavy atom. The molecule has 1 nitrogen and oxygen atoms in total. The van der Waals surface area contributed by atoms with Crippen molar-refractivity contribution in [2.75, 3.05) is 0 Å². The summed E-state index contributed by atoms with van der Waals surface area (Å²) in [7, 11) is -1.08. The Balaban J connectivity index is 0.000000249. The van der Waals surface area contributed by atoms with Gasteiger partial charge in [-0.15, -0.1) is 34.5 Å². The van der Waals surface area contributed by atoms with Gasteiger partial charge in [-0.05, 0) is 42.2 Å². The normalized spacial score (nSPS) is 16.2. The van der Waals surface area contributed by atoms with E-state index >= 15 is 0 Å². The standard InChI is InChI=1S/C20H21.C10H12OSi.2ClH.Zr/c1-3-4-6-16-9-11-17(12-10-16)19-8-5-7-18-13-15(2)14-20(18)19;1-6-9-7-4-5-11-8(7)10(6)12(9,2)3;;;/h5,7-14H,3-4,6H2,1-2H3;4-5,10H,1-3H3;2*1H;/q-1;;;;+3/p-2. The molecule has 0 N–H and O–H groups in total. The van der Waals surface area contributed by atoms with Gasteiger partial charge in [0.25, 0.3) is 0 Å². The molecule has 3 aliphatic rings. The number of halogens is 2. The second-order valence-electron chi connectivity index (χ2n) is 10.1. The molecule has 3 aromatic carbocycles. The van der Waals surface area contributed by atoms with E-state index in [-0.39, 0.29) is 51.0 Å². The smallest absolute Gasteiger partial charge is 1.00 e. The second-order valence-corrected chi connectivity index (χ2v) is 14.6. The van der Waals surface area contributed by atoms with Gasteiger partial charge in [-0.1, -0.05) is 74.8 Å². The predicted molar refractivity (Wildman–Crippen MR) is 140 cm³/mol. The third-order valence-electron chi connectivity index (χ3n) is 7.40. The van der Waals surface area contributed by atoms with Crippen molar-refractivity contribution in [1.82, 2.24) is 0 Å². The van der Waals surface area contributed by atoms with E-state index in [0.717, 1.165) is 0 Å². The minimum absolute atomic E-state index is 0. The van der Waals surface area contributed by atoms with Crippen molar-refractivity contribution in [3.63, 3.8) is 0 Å². The molecule has 7 rings (SSSR count). The molecule has 2 aliphatic heterocycles. The van der Waals surface area contributed by atoms with Gasteiger partial charge in [0, 0.05) is 11.1 Å². The van der Waals surface area contributed by atoms with Crippen LogP contribution in [0.5, 0.6) is 0 Å². The predicted octanol–water partition coefficient (Wildman–Crippen LogP) is 2.83. The molecule has 1 radical (unpaired) electrons. The van der Waals surface area contributed by atoms with Gasteiger partial charge in [-0.3, -0.25) is 0 Å². The summed E-state index contributed by atoms with van der Waals surface area (Å²) in [5, 5.41) is 4.37. The Morgan fingerprint density at radius 1 is 0.943 bits per heavy atom. The van der Waals surface area contributed by atoms with E-state index in [1.807, 2.05) is 6.26 Å². The molecule has 3 heterocycles. The van der Waals surface area contributed by atoms with Crippen LogP contribution in [0.2, 0.25) is 13.1 Å². The maximum Gasteiger partial charge on any atom is 3.00 e. The summed E-state index contributed by atoms with van der Waals surface area (Å²) < 4.78 is 5.53. The first-order valence-corrected chi connectivity index (χ1v) is 15.0. The molecule has 0 fully saturated rings. The minimum Gasteiger partial charge on any atom is -1.00 e. The van der Waals surface area contributed by atoms with Crippen LogP contribution in [0.1, 0.15) is 54.7 Å². The molecule has 5 heteroatoms. The Hall–Kier alpha value is -1.25. The summed E-state index contributed by atoms with van der Waals surface area (Å²) in [5.41, 5.74) is 9.17. The molecule has 1 atom stereocenters. The van der Waals surface area contributed by atoms with E-state index in [9.17, 15) is 0 Å². The summed E-state index contributed by atoms with van der Waals surface area (Å²) in [6, 6.07) is 22.3. The number of unbranched alkanes of at least 4 members (excludes halogenated alkanes) is 1. The van der Waals surface area contributed by atoms with E-state index < -0.39 is 8.07 Å². The number of rotatable bonds is 4. The molecular weight excluding hydrogens is 567 g/mol. The van der Waals surface area contributed by atoms with E-state index in [2.05, 4.69) is 94.5 Å². The third kappa shape index (κ3) is 5.26. The summed E-state index contributed by atoms with van der Waals surface area (Å²) in [6.07, 6.45) is 5.55. The summed E-state index contributed by atoms with van der Waals surface area (Å²) >= 11 is 0. The molecule has 1 aromatic heterocycles. The molecule has 0 amide bonds. The number of aryl methyl sites for hydroxylation is 2. The average molecular weight is 600 g/mol. The van der Waals surface area contributed by atoms with Crippen molar-refractivity contribution in [3.05, 3.63) is 95.0 Å². The van der Waals surface area contributed by atoms with Crippen molar-refractivity contribution in [2.24, 2.45) is 0 Å². The maximum absolute atomic E-state index is 5.53. The molecule has 1 unspecified atom stereocenters. The molecule has 2 bridgehead atoms. The fraction of sp³-hybridized carbons (Fsp3) is 0.300. The Bertz CT molecular complexity index is 1310. The van der Waals surface area contributed by atoms with Crippen LogP contribution in [0.25, 0.3) is 27.1 Å². The van der Waals surface area contributed by atoms with E-state index in [0.29, 0.717) is 5.54 Å². The van der Waals surface area contributed by atoms with Crippen LogP contribution >= 0.6 is 0 Å². The number of hydrogen-bond acceptors (Lipinski definition) is 1. The van der Waals surface area contributed by atoms with Crippen LogP contribution < -0.4 is 24.8 Å². The maximum atomic E-state index is 5.53. The van der Waals surface area contributed by atoms with Gasteiger partial charge in [0.2, 0.25) is 0 Å². The number of allylic oxidation sites excluding steroid dienone is 1. The Morgan fingerprint density at radius 2 is 1.66 bits per heavy atom. The molecule has 4 aromatic rings. The van der Waals surface area contributed by atoms with Crippen molar-refractivity contribution < 1.29 is 55.4 Å². The molecular formula is C30H33Cl2OSiZr. The van der Waals surface area contributed by atoms with E-state index in [1.165, 1.54) is 63.6 Å². The summed E-state index contributed by atoms with van der Waals surface area (Å²) in [5.74, 6) is 1.26. The largest absolute Gasteiger partial charge is 3.00 e. The monoisotopic (exact) mass is 597 g/mol. The van der Waals surface area contributed by atoms with Crippen molar-refractivity contribution in [3.8, 4) is 11.1 Å². The van der Waals surface area contributed by atoms with Crippen LogP contribution in [0.3, 0.4) is 0 Å². The van der Waals surface area contributed by atoms with Crippen molar-refractivity contribution in [1.29, 1.82) is 0 Å². The minimum atomic E-state index is -1.08. The van der Waals surface area contributed by atoms with Gasteiger partial charge in [0.05, 0.1) is 14.3 Å². The molecule has 35 heavy (non-hydrogen) atoms. The first kappa shape index (κ1) is 30.0. The number of benzene rings is 2. The van der Waals surface area contributed by atoms with Gasteiger partial charge >= 0.3 is 26.2 Å². The Labute approximate surface area is 242 Å². The van der Waals surface area contributed by atoms with Crippen LogP contribution in [0.15, 0.2) is 76.9 Å². The van der Waals surface area contributed by atoms with Gasteiger partial charge in [-0.2, -0.15) is 6.07 Å². The molecule has 0 saturated heterocycles. The summed E-state index contributed by atoms with van der Waals surface area (Å²) in [6.45, 7) is 11.5. The summed E-state index contributed by atoms with van der Waals surface area (Å²) in [4.78, 5) is 0. The van der Waals surface area contributed by atoms with Crippen LogP contribution in [-0.4, -0.2) is 8.07 Å². The third-order valence-corrected chi connectivity index (χ3v) is 11.5. The SMILES string of the molecule is CC1=C2c3ccoc3C1[Si]2(C)C.CCCCc1ccc(-c2cccc3[cH-]c(C)cc23)cc1.[Cl-].[Cl-].[Zr+3]. The fourth-order valence-corrected chi connectivity index (χ4v) is 10.2. The van der Waals surface area contributed by atoms with E-state index in [4.69, 9.17) is 4.42 Å². The molecule has 1 aliphatic carbocycles. The van der Waals surface area contributed by atoms with Crippen LogP contribution in [-0.2, 0) is 32.6 Å². The average Bonchev–Trinajstić information content (AvgIpc) is 3.49. The first-order valence-electron chi connectivity index (χ1n) is 12.0. The molecule has 0 spiro atoms. The molecule has 0 saturated carbocycles. The number of hydrogen-bond donors (Lipinski definition) is 0. The zero-order valence-electron chi connectivity index (χ0n) is 21.2. The van der Waals surface area contributed by atoms with Gasteiger partial charge < -0.3 is 29.2 Å². The van der Waals surface area contributed by atoms with Crippen molar-refractivity contribution in [2.45, 2.75) is 58.7 Å². The Kier molecular flexibility index (Phi) is 10.2. The van der Waals surface area contributed by atoms with Crippen LogP contribution in [0, 0.1) is 6.92 Å². The quantitative estimate of drug-likeness (QED) is 0.260. The van der Waals surface area contributed by atoms with Crippen LogP contribution in [0.4, 0.5) is 0 Å². The second kappa shape index (κ2) is 11.9. The topological polar surface area (TPSA) is 13.1 Å². The van der Waals surface area contributed by atoms with Gasteiger partial charge in [0.1, 0.15) is 5.76 Å². The zero-order chi connectivity index (χ0) is 22.5. The zero-order valence-corrected chi connectivity index (χ0v) is 26.2. The first-order chi connectivity index (χ1) is 15.4. The van der Waals surface area contributed by atoms with E-state index in [1.54, 1.807) is 10.8 Å². The van der Waals surface area contributed by atoms with Gasteiger partial charge in [-0.25, -0.2) is 0 Å². The fourth-order valence-electron chi connectivity index (χ4n) is 5.96. The van der Waals surface area contributed by atoms with Crippen molar-refractivity contribution >= 4 is 24.0 Å². The molecule has 181 valence electrons.